The Balaban J connectivity index is 1.99. The molecule has 8 heteroatoms. The second-order valence-electron chi connectivity index (χ2n) is 5.35. The van der Waals surface area contributed by atoms with Gasteiger partial charge in [-0.05, 0) is 42.0 Å². The maximum Gasteiger partial charge on any atom is 0.282 e. The molecule has 0 saturated carbocycles. The zero-order chi connectivity index (χ0) is 18.8. The topological polar surface area (TPSA) is 67.9 Å². The second-order valence-corrected chi connectivity index (χ2v) is 7.12. The minimum atomic E-state index is -0.475. The standard InChI is InChI=1S/C18H14Br2N2O4/c1-25-15-7-10(14(20)9-16(15)26-2)6-13-17(23)21-22(18(13)24)12-5-3-4-11(19)8-12/h3-9H,1-2H3,(H,21,23)/b13-6-. The molecule has 0 bridgehead atoms. The summed E-state index contributed by atoms with van der Waals surface area (Å²) in [7, 11) is 3.05. The molecule has 2 aromatic carbocycles. The van der Waals surface area contributed by atoms with E-state index < -0.39 is 11.8 Å². The molecule has 2 aromatic rings. The minimum absolute atomic E-state index is 0.0258. The van der Waals surface area contributed by atoms with Gasteiger partial charge in [0.1, 0.15) is 5.57 Å². The molecule has 0 atom stereocenters. The maximum atomic E-state index is 12.7. The van der Waals surface area contributed by atoms with Crippen molar-refractivity contribution in [3.05, 3.63) is 56.5 Å². The van der Waals surface area contributed by atoms with E-state index in [1.165, 1.54) is 25.3 Å². The summed E-state index contributed by atoms with van der Waals surface area (Å²) in [5, 5.41) is 1.22. The van der Waals surface area contributed by atoms with E-state index in [2.05, 4.69) is 37.3 Å². The second kappa shape index (κ2) is 7.51. The van der Waals surface area contributed by atoms with Crippen molar-refractivity contribution in [2.75, 3.05) is 19.2 Å². The van der Waals surface area contributed by atoms with Crippen LogP contribution in [0.4, 0.5) is 5.69 Å². The molecule has 1 aliphatic heterocycles. The van der Waals surface area contributed by atoms with Gasteiger partial charge in [-0.3, -0.25) is 15.0 Å². The quantitative estimate of drug-likeness (QED) is 0.534. The summed E-state index contributed by atoms with van der Waals surface area (Å²) in [5.41, 5.74) is 3.78. The largest absolute Gasteiger partial charge is 0.493 e. The summed E-state index contributed by atoms with van der Waals surface area (Å²) >= 11 is 6.78. The molecule has 1 aliphatic rings. The van der Waals surface area contributed by atoms with Crippen LogP contribution in [0.25, 0.3) is 6.08 Å². The van der Waals surface area contributed by atoms with Gasteiger partial charge < -0.3 is 9.47 Å². The molecule has 0 radical (unpaired) electrons. The lowest BCUT2D eigenvalue weighted by Crippen LogP contribution is -2.35. The Morgan fingerprint density at radius 1 is 1.04 bits per heavy atom. The maximum absolute atomic E-state index is 12.7. The third-order valence-corrected chi connectivity index (χ3v) is 4.94. The first-order valence-corrected chi connectivity index (χ1v) is 9.07. The van der Waals surface area contributed by atoms with Gasteiger partial charge in [-0.25, -0.2) is 5.01 Å². The third-order valence-electron chi connectivity index (χ3n) is 3.76. The number of anilines is 1. The third kappa shape index (κ3) is 3.47. The molecule has 1 N–H and O–H groups in total. The fourth-order valence-corrected chi connectivity index (χ4v) is 3.31. The van der Waals surface area contributed by atoms with E-state index in [4.69, 9.17) is 9.47 Å². The number of halogens is 2. The van der Waals surface area contributed by atoms with Crippen LogP contribution in [0, 0.1) is 0 Å². The number of amides is 2. The summed E-state index contributed by atoms with van der Waals surface area (Å²) in [6, 6.07) is 10.5. The number of carbonyl (C=O) groups is 2. The molecular formula is C18H14Br2N2O4. The van der Waals surface area contributed by atoms with Gasteiger partial charge in [0.25, 0.3) is 11.8 Å². The van der Waals surface area contributed by atoms with Crippen LogP contribution in [0.5, 0.6) is 11.5 Å². The fraction of sp³-hybridized carbons (Fsp3) is 0.111. The lowest BCUT2D eigenvalue weighted by molar-refractivity contribution is -0.117. The first-order chi connectivity index (χ1) is 12.4. The Labute approximate surface area is 167 Å². The molecule has 0 aromatic heterocycles. The van der Waals surface area contributed by atoms with E-state index in [1.54, 1.807) is 30.3 Å². The molecular weight excluding hydrogens is 468 g/mol. The van der Waals surface area contributed by atoms with E-state index >= 15 is 0 Å². The highest BCUT2D eigenvalue weighted by molar-refractivity contribution is 9.10. The Hall–Kier alpha value is -2.32. The normalized spacial score (nSPS) is 15.4. The molecule has 1 saturated heterocycles. The highest BCUT2D eigenvalue weighted by Gasteiger charge is 2.34. The number of hydrazine groups is 1. The predicted molar refractivity (Wildman–Crippen MR) is 105 cm³/mol. The van der Waals surface area contributed by atoms with Crippen LogP contribution in [0.2, 0.25) is 0 Å². The number of benzene rings is 2. The number of carbonyl (C=O) groups excluding carboxylic acids is 2. The number of methoxy groups -OCH3 is 2. The fourth-order valence-electron chi connectivity index (χ4n) is 2.49. The lowest BCUT2D eigenvalue weighted by atomic mass is 10.1. The van der Waals surface area contributed by atoms with Crippen molar-refractivity contribution in [2.24, 2.45) is 0 Å². The summed E-state index contributed by atoms with van der Waals surface area (Å²) in [6.07, 6.45) is 1.52. The smallest absolute Gasteiger partial charge is 0.282 e. The van der Waals surface area contributed by atoms with Crippen LogP contribution in [-0.4, -0.2) is 26.0 Å². The van der Waals surface area contributed by atoms with Crippen molar-refractivity contribution in [2.45, 2.75) is 0 Å². The zero-order valence-corrected chi connectivity index (χ0v) is 17.0. The Morgan fingerprint density at radius 3 is 2.38 bits per heavy atom. The first kappa shape index (κ1) is 18.5. The van der Waals surface area contributed by atoms with Crippen LogP contribution in [0.15, 0.2) is 50.9 Å². The van der Waals surface area contributed by atoms with Crippen molar-refractivity contribution >= 4 is 55.4 Å². The number of nitrogens with one attached hydrogen (secondary N) is 1. The van der Waals surface area contributed by atoms with Gasteiger partial charge in [0.2, 0.25) is 0 Å². The van der Waals surface area contributed by atoms with E-state index in [0.29, 0.717) is 27.2 Å². The highest BCUT2D eigenvalue weighted by atomic mass is 79.9. The summed E-state index contributed by atoms with van der Waals surface area (Å²) in [6.45, 7) is 0. The minimum Gasteiger partial charge on any atom is -0.493 e. The van der Waals surface area contributed by atoms with Gasteiger partial charge in [-0.2, -0.15) is 0 Å². The van der Waals surface area contributed by atoms with Gasteiger partial charge in [0.15, 0.2) is 11.5 Å². The molecule has 1 fully saturated rings. The average molecular weight is 482 g/mol. The molecule has 1 heterocycles. The number of nitrogens with zero attached hydrogens (tertiary/aromatic N) is 1. The van der Waals surface area contributed by atoms with Crippen molar-refractivity contribution in [1.82, 2.24) is 5.43 Å². The predicted octanol–water partition coefficient (Wildman–Crippen LogP) is 3.69. The Kier molecular flexibility index (Phi) is 5.33. The molecule has 0 spiro atoms. The van der Waals surface area contributed by atoms with Crippen molar-refractivity contribution in [3.8, 4) is 11.5 Å². The van der Waals surface area contributed by atoms with Crippen LogP contribution in [0.1, 0.15) is 5.56 Å². The summed E-state index contributed by atoms with van der Waals surface area (Å²) in [4.78, 5) is 25.0. The number of hydrogen-bond donors (Lipinski definition) is 1. The molecule has 3 rings (SSSR count). The van der Waals surface area contributed by atoms with Gasteiger partial charge in [0.05, 0.1) is 19.9 Å². The number of rotatable bonds is 4. The highest BCUT2D eigenvalue weighted by Crippen LogP contribution is 2.35. The Bertz CT molecular complexity index is 927. The van der Waals surface area contributed by atoms with Crippen LogP contribution in [0.3, 0.4) is 0 Å². The average Bonchev–Trinajstić information content (AvgIpc) is 2.91. The molecule has 134 valence electrons. The number of hydrogen-bond acceptors (Lipinski definition) is 4. The summed E-state index contributed by atoms with van der Waals surface area (Å²) in [5.74, 6) is 0.128. The molecule has 0 unspecified atom stereocenters. The molecule has 2 amide bonds. The van der Waals surface area contributed by atoms with E-state index in [0.717, 1.165) is 4.47 Å². The first-order valence-electron chi connectivity index (χ1n) is 7.49. The van der Waals surface area contributed by atoms with Gasteiger partial charge in [-0.15, -0.1) is 0 Å². The number of ether oxygens (including phenoxy) is 2. The van der Waals surface area contributed by atoms with E-state index in [1.807, 2.05) is 6.07 Å². The van der Waals surface area contributed by atoms with E-state index in [9.17, 15) is 9.59 Å². The molecule has 0 aliphatic carbocycles. The zero-order valence-electron chi connectivity index (χ0n) is 13.9. The Morgan fingerprint density at radius 2 is 1.73 bits per heavy atom. The van der Waals surface area contributed by atoms with Gasteiger partial charge >= 0.3 is 0 Å². The van der Waals surface area contributed by atoms with Gasteiger partial charge in [0, 0.05) is 8.95 Å². The van der Waals surface area contributed by atoms with Crippen molar-refractivity contribution in [3.63, 3.8) is 0 Å². The van der Waals surface area contributed by atoms with Crippen molar-refractivity contribution < 1.29 is 19.1 Å². The van der Waals surface area contributed by atoms with Gasteiger partial charge in [-0.1, -0.05) is 37.9 Å². The molecule has 26 heavy (non-hydrogen) atoms. The van der Waals surface area contributed by atoms with Crippen LogP contribution >= 0.6 is 31.9 Å². The van der Waals surface area contributed by atoms with Crippen LogP contribution < -0.4 is 19.9 Å². The summed E-state index contributed by atoms with van der Waals surface area (Å²) < 4.78 is 12.0. The molecule has 6 nitrogen and oxygen atoms in total. The SMILES string of the molecule is COc1cc(Br)c(/C=C2/C(=O)NN(c3cccc(Br)c3)C2=O)cc1OC. The van der Waals surface area contributed by atoms with Crippen molar-refractivity contribution in [1.29, 1.82) is 0 Å². The van der Waals surface area contributed by atoms with E-state index in [-0.39, 0.29) is 5.57 Å². The monoisotopic (exact) mass is 480 g/mol. The lowest BCUT2D eigenvalue weighted by Gasteiger charge is -2.14. The van der Waals surface area contributed by atoms with Crippen LogP contribution in [-0.2, 0) is 9.59 Å².